The largest absolute Gasteiger partial charge is 0.508 e. The molecule has 160 valence electrons. The molecule has 1 aromatic rings. The zero-order valence-electron chi connectivity index (χ0n) is 16.6. The van der Waals surface area contributed by atoms with Gasteiger partial charge in [0.25, 0.3) is 0 Å². The van der Waals surface area contributed by atoms with Gasteiger partial charge in [-0.2, -0.15) is 0 Å². The third-order valence-corrected chi connectivity index (χ3v) is 7.60. The SMILES string of the molecule is C[C@H]1CCC/C=C/[C@@H]2C[C@H](O)C[C@H]2[C@@H](O)[C@H](S(=O)c2ccc(O)cc2)CC(=O)O1. The Morgan fingerprint density at radius 3 is 2.59 bits per heavy atom. The van der Waals surface area contributed by atoms with Crippen LogP contribution >= 0.6 is 0 Å². The van der Waals surface area contributed by atoms with Crippen LogP contribution < -0.4 is 0 Å². The lowest BCUT2D eigenvalue weighted by Crippen LogP contribution is -2.40. The molecule has 0 spiro atoms. The van der Waals surface area contributed by atoms with Gasteiger partial charge >= 0.3 is 5.97 Å². The lowest BCUT2D eigenvalue weighted by Gasteiger charge is -2.29. The van der Waals surface area contributed by atoms with E-state index in [1.165, 1.54) is 24.3 Å². The standard InChI is InChI=1S/C22H30O6S/c1-14-5-3-2-4-6-15-11-17(24)12-19(15)22(26)20(13-21(25)28-14)29(27)18-9-7-16(23)8-10-18/h4,6-10,14-15,17,19-20,22-24,26H,2-3,5,11-13H2,1H3/b6-4+/t14-,15+,17-,19+,20+,22+,29?/m0/s1. The molecule has 0 radical (unpaired) electrons. The van der Waals surface area contributed by atoms with Crippen LogP contribution in [0.3, 0.4) is 0 Å². The van der Waals surface area contributed by atoms with Gasteiger partial charge in [0.2, 0.25) is 0 Å². The quantitative estimate of drug-likeness (QED) is 0.500. The first kappa shape index (κ1) is 22.0. The Labute approximate surface area is 174 Å². The number of aliphatic hydroxyl groups excluding tert-OH is 2. The van der Waals surface area contributed by atoms with E-state index < -0.39 is 34.2 Å². The van der Waals surface area contributed by atoms with Crippen molar-refractivity contribution in [2.24, 2.45) is 11.8 Å². The molecule has 29 heavy (non-hydrogen) atoms. The smallest absolute Gasteiger partial charge is 0.307 e. The molecule has 0 bridgehead atoms. The number of aromatic hydroxyl groups is 1. The third kappa shape index (κ3) is 5.68. The second-order valence-electron chi connectivity index (χ2n) is 8.14. The maximum atomic E-state index is 13.3. The number of carbonyl (C=O) groups excluding carboxylic acids is 1. The van der Waals surface area contributed by atoms with Gasteiger partial charge in [-0.1, -0.05) is 12.2 Å². The van der Waals surface area contributed by atoms with E-state index in [9.17, 15) is 24.3 Å². The number of allylic oxidation sites excluding steroid dienone is 2. The summed E-state index contributed by atoms with van der Waals surface area (Å²) in [5.74, 6) is -0.721. The first-order valence-corrected chi connectivity index (χ1v) is 11.5. The second-order valence-corrected chi connectivity index (χ2v) is 9.81. The van der Waals surface area contributed by atoms with Crippen molar-refractivity contribution in [1.29, 1.82) is 0 Å². The molecule has 3 N–H and O–H groups in total. The maximum Gasteiger partial charge on any atom is 0.307 e. The van der Waals surface area contributed by atoms with Crippen molar-refractivity contribution in [3.05, 3.63) is 36.4 Å². The summed E-state index contributed by atoms with van der Waals surface area (Å²) >= 11 is 0. The molecule has 7 heteroatoms. The fraction of sp³-hybridized carbons (Fsp3) is 0.591. The number of ether oxygens (including phenoxy) is 1. The van der Waals surface area contributed by atoms with Crippen molar-refractivity contribution in [2.45, 2.75) is 73.9 Å². The summed E-state index contributed by atoms with van der Waals surface area (Å²) in [5.41, 5.74) is 0. The highest BCUT2D eigenvalue weighted by Gasteiger charge is 2.42. The van der Waals surface area contributed by atoms with E-state index >= 15 is 0 Å². The number of hydrogen-bond acceptors (Lipinski definition) is 6. The third-order valence-electron chi connectivity index (χ3n) is 5.87. The number of aliphatic hydroxyl groups is 2. The molecule has 1 aliphatic carbocycles. The van der Waals surface area contributed by atoms with E-state index in [0.29, 0.717) is 17.7 Å². The van der Waals surface area contributed by atoms with Crippen molar-refractivity contribution < 1.29 is 29.1 Å². The van der Waals surface area contributed by atoms with Crippen molar-refractivity contribution in [1.82, 2.24) is 0 Å². The van der Waals surface area contributed by atoms with Gasteiger partial charge in [-0.15, -0.1) is 0 Å². The van der Waals surface area contributed by atoms with Crippen LogP contribution in [-0.2, 0) is 20.3 Å². The molecule has 0 saturated heterocycles. The van der Waals surface area contributed by atoms with E-state index in [2.05, 4.69) is 12.2 Å². The van der Waals surface area contributed by atoms with Crippen LogP contribution in [0, 0.1) is 11.8 Å². The van der Waals surface area contributed by atoms with Gasteiger partial charge in [0, 0.05) is 4.90 Å². The minimum absolute atomic E-state index is 0.0199. The first-order valence-electron chi connectivity index (χ1n) is 10.3. The van der Waals surface area contributed by atoms with Crippen LogP contribution in [0.25, 0.3) is 0 Å². The van der Waals surface area contributed by atoms with Gasteiger partial charge in [-0.05, 0) is 75.1 Å². The number of fused-ring (bicyclic) bond motifs is 1. The average Bonchev–Trinajstić information content (AvgIpc) is 3.05. The van der Waals surface area contributed by atoms with Crippen LogP contribution in [0.15, 0.2) is 41.3 Å². The Kier molecular flexibility index (Phi) is 7.49. The zero-order chi connectivity index (χ0) is 21.0. The molecule has 1 aromatic carbocycles. The topological polar surface area (TPSA) is 104 Å². The van der Waals surface area contributed by atoms with Crippen molar-refractivity contribution >= 4 is 16.8 Å². The normalized spacial score (nSPS) is 36.0. The van der Waals surface area contributed by atoms with Gasteiger partial charge in [0.05, 0.1) is 40.8 Å². The Hall–Kier alpha value is -1.70. The molecule has 1 unspecified atom stereocenters. The monoisotopic (exact) mass is 422 g/mol. The molecule has 1 heterocycles. The van der Waals surface area contributed by atoms with Gasteiger partial charge in [0.15, 0.2) is 0 Å². The van der Waals surface area contributed by atoms with Crippen molar-refractivity contribution in [3.8, 4) is 5.75 Å². The van der Waals surface area contributed by atoms with E-state index in [-0.39, 0.29) is 30.1 Å². The van der Waals surface area contributed by atoms with E-state index in [1.807, 2.05) is 6.92 Å². The van der Waals surface area contributed by atoms with Gasteiger partial charge in [-0.3, -0.25) is 9.00 Å². The number of phenols is 1. The zero-order valence-corrected chi connectivity index (χ0v) is 17.5. The molecule has 0 amide bonds. The maximum absolute atomic E-state index is 13.3. The molecule has 7 atom stereocenters. The van der Waals surface area contributed by atoms with E-state index in [0.717, 1.165) is 19.3 Å². The van der Waals surface area contributed by atoms with Crippen LogP contribution in [0.4, 0.5) is 0 Å². The summed E-state index contributed by atoms with van der Waals surface area (Å²) in [4.78, 5) is 13.0. The highest BCUT2D eigenvalue weighted by Crippen LogP contribution is 2.39. The Morgan fingerprint density at radius 2 is 1.86 bits per heavy atom. The number of hydrogen-bond donors (Lipinski definition) is 3. The van der Waals surface area contributed by atoms with E-state index in [1.54, 1.807) is 0 Å². The molecule has 1 saturated carbocycles. The fourth-order valence-corrected chi connectivity index (χ4v) is 5.83. The van der Waals surface area contributed by atoms with Gasteiger partial charge in [0.1, 0.15) is 5.75 Å². The number of rotatable bonds is 2. The van der Waals surface area contributed by atoms with Gasteiger partial charge in [-0.25, -0.2) is 0 Å². The van der Waals surface area contributed by atoms with Gasteiger partial charge < -0.3 is 20.1 Å². The highest BCUT2D eigenvalue weighted by atomic mass is 32.2. The molecule has 3 rings (SSSR count). The Balaban J connectivity index is 1.91. The number of benzene rings is 1. The lowest BCUT2D eigenvalue weighted by molar-refractivity contribution is -0.149. The molecule has 2 aliphatic rings. The summed E-state index contributed by atoms with van der Waals surface area (Å²) in [5, 5.41) is 30.0. The summed E-state index contributed by atoms with van der Waals surface area (Å²) in [6.45, 7) is 1.84. The molecule has 6 nitrogen and oxygen atoms in total. The van der Waals surface area contributed by atoms with Crippen LogP contribution in [0.1, 0.15) is 45.4 Å². The number of esters is 1. The second kappa shape index (κ2) is 9.87. The molecule has 0 aromatic heterocycles. The lowest BCUT2D eigenvalue weighted by atomic mass is 9.87. The molecule has 1 fully saturated rings. The average molecular weight is 423 g/mol. The van der Waals surface area contributed by atoms with Crippen LogP contribution in [-0.4, -0.2) is 49.1 Å². The first-order chi connectivity index (χ1) is 13.8. The van der Waals surface area contributed by atoms with Crippen LogP contribution in [0.5, 0.6) is 5.75 Å². The summed E-state index contributed by atoms with van der Waals surface area (Å²) in [7, 11) is -1.68. The van der Waals surface area contributed by atoms with E-state index in [4.69, 9.17) is 4.74 Å². The fourth-order valence-electron chi connectivity index (χ4n) is 4.33. The summed E-state index contributed by atoms with van der Waals surface area (Å²) < 4.78 is 18.8. The van der Waals surface area contributed by atoms with Crippen molar-refractivity contribution in [3.63, 3.8) is 0 Å². The molecular formula is C22H30O6S. The Morgan fingerprint density at radius 1 is 1.14 bits per heavy atom. The summed E-state index contributed by atoms with van der Waals surface area (Å²) in [6.07, 6.45) is 5.60. The number of cyclic esters (lactones) is 1. The minimum atomic E-state index is -1.68. The predicted molar refractivity (Wildman–Crippen MR) is 110 cm³/mol. The predicted octanol–water partition coefficient (Wildman–Crippen LogP) is 2.68. The number of carbonyl (C=O) groups is 1. The van der Waals surface area contributed by atoms with Crippen LogP contribution in [0.2, 0.25) is 0 Å². The molecular weight excluding hydrogens is 392 g/mol. The number of phenolic OH excluding ortho intramolecular Hbond substituents is 1. The summed E-state index contributed by atoms with van der Waals surface area (Å²) in [6, 6.07) is 5.94. The molecule has 1 aliphatic heterocycles. The van der Waals surface area contributed by atoms with Crippen molar-refractivity contribution in [2.75, 3.05) is 0 Å². The minimum Gasteiger partial charge on any atom is -0.508 e. The Bertz CT molecular complexity index is 746. The highest BCUT2D eigenvalue weighted by molar-refractivity contribution is 7.85.